The maximum atomic E-state index is 4.55. The van der Waals surface area contributed by atoms with Crippen molar-refractivity contribution in [2.75, 3.05) is 18.0 Å². The number of rotatable bonds is 3. The molecule has 1 atom stereocenters. The number of fused-ring (bicyclic) bond motifs is 1. The van der Waals surface area contributed by atoms with E-state index >= 15 is 0 Å². The van der Waals surface area contributed by atoms with E-state index in [0.29, 0.717) is 5.92 Å². The van der Waals surface area contributed by atoms with Crippen LogP contribution in [0.25, 0.3) is 11.0 Å². The van der Waals surface area contributed by atoms with Crippen molar-refractivity contribution in [2.24, 2.45) is 0 Å². The summed E-state index contributed by atoms with van der Waals surface area (Å²) < 4.78 is 0. The third-order valence-corrected chi connectivity index (χ3v) is 4.98. The van der Waals surface area contributed by atoms with Gasteiger partial charge < -0.3 is 9.88 Å². The van der Waals surface area contributed by atoms with Gasteiger partial charge in [-0.3, -0.25) is 0 Å². The van der Waals surface area contributed by atoms with Crippen LogP contribution in [-0.2, 0) is 6.42 Å². The van der Waals surface area contributed by atoms with Crippen LogP contribution in [0.15, 0.2) is 18.0 Å². The summed E-state index contributed by atoms with van der Waals surface area (Å²) in [6, 6.07) is 0. The van der Waals surface area contributed by atoms with Crippen molar-refractivity contribution >= 4 is 28.2 Å². The second-order valence-electron chi connectivity index (χ2n) is 5.30. The van der Waals surface area contributed by atoms with E-state index in [-0.39, 0.29) is 0 Å². The van der Waals surface area contributed by atoms with Crippen LogP contribution < -0.4 is 4.90 Å². The van der Waals surface area contributed by atoms with Crippen LogP contribution in [0.4, 0.5) is 5.82 Å². The van der Waals surface area contributed by atoms with Crippen LogP contribution in [-0.4, -0.2) is 38.2 Å². The minimum absolute atomic E-state index is 0.464. The Bertz CT molecular complexity index is 750. The number of anilines is 1. The normalized spacial score (nSPS) is 18.7. The first-order chi connectivity index (χ1) is 10.4. The Morgan fingerprint density at radius 3 is 3.19 bits per heavy atom. The Morgan fingerprint density at radius 2 is 2.38 bits per heavy atom. The molecule has 4 heterocycles. The first-order valence-electron chi connectivity index (χ1n) is 7.18. The molecule has 1 unspecified atom stereocenters. The highest BCUT2D eigenvalue weighted by Gasteiger charge is 2.28. The first-order valence-corrected chi connectivity index (χ1v) is 8.06. The maximum absolute atomic E-state index is 4.55. The molecular formula is C14H16N6S. The molecule has 3 aromatic heterocycles. The summed E-state index contributed by atoms with van der Waals surface area (Å²) in [5.74, 6) is 1.51. The fourth-order valence-corrected chi connectivity index (χ4v) is 3.72. The monoisotopic (exact) mass is 300 g/mol. The summed E-state index contributed by atoms with van der Waals surface area (Å²) in [5, 5.41) is 10.5. The van der Waals surface area contributed by atoms with Crippen LogP contribution in [0.1, 0.15) is 29.8 Å². The molecule has 1 aliphatic heterocycles. The Hall–Kier alpha value is -2.02. The van der Waals surface area contributed by atoms with Gasteiger partial charge in [0.1, 0.15) is 28.3 Å². The molecule has 4 rings (SSSR count). The van der Waals surface area contributed by atoms with Crippen LogP contribution in [0.3, 0.4) is 0 Å². The minimum Gasteiger partial charge on any atom is -0.355 e. The zero-order valence-corrected chi connectivity index (χ0v) is 12.6. The average Bonchev–Trinajstić information content (AvgIpc) is 3.25. The Labute approximate surface area is 126 Å². The predicted molar refractivity (Wildman–Crippen MR) is 82.7 cm³/mol. The van der Waals surface area contributed by atoms with E-state index in [1.165, 1.54) is 5.56 Å². The Balaban J connectivity index is 1.70. The van der Waals surface area contributed by atoms with Gasteiger partial charge in [-0.2, -0.15) is 0 Å². The molecule has 0 spiro atoms. The summed E-state index contributed by atoms with van der Waals surface area (Å²) in [7, 11) is 0. The summed E-state index contributed by atoms with van der Waals surface area (Å²) >= 11 is 1.64. The standard InChI is InChI=1S/C14H16N6S/c1-2-9-5-15-12-11(9)13(17-7-16-12)20-4-3-10(6-20)14-19-18-8-21-14/h5,7-8,10H,2-4,6H2,1H3,(H,15,16,17). The van der Waals surface area contributed by atoms with Crippen molar-refractivity contribution < 1.29 is 0 Å². The molecule has 0 bridgehead atoms. The van der Waals surface area contributed by atoms with E-state index in [1.54, 1.807) is 17.7 Å². The molecule has 1 aliphatic rings. The third-order valence-electron chi connectivity index (χ3n) is 4.13. The molecule has 0 aromatic carbocycles. The average molecular weight is 300 g/mol. The van der Waals surface area contributed by atoms with Crippen molar-refractivity contribution in [1.82, 2.24) is 25.1 Å². The Morgan fingerprint density at radius 1 is 1.43 bits per heavy atom. The topological polar surface area (TPSA) is 70.6 Å². The molecular weight excluding hydrogens is 284 g/mol. The first kappa shape index (κ1) is 12.7. The number of hydrogen-bond donors (Lipinski definition) is 1. The second-order valence-corrected chi connectivity index (χ2v) is 6.16. The van der Waals surface area contributed by atoms with Crippen molar-refractivity contribution in [3.8, 4) is 0 Å². The summed E-state index contributed by atoms with van der Waals surface area (Å²) in [6.07, 6.45) is 5.77. The molecule has 0 amide bonds. The molecule has 6 nitrogen and oxygen atoms in total. The van der Waals surface area contributed by atoms with Crippen molar-refractivity contribution in [3.05, 3.63) is 28.6 Å². The lowest BCUT2D eigenvalue weighted by molar-refractivity contribution is 0.750. The number of nitrogens with one attached hydrogen (secondary N) is 1. The van der Waals surface area contributed by atoms with Gasteiger partial charge in [0.15, 0.2) is 0 Å². The number of aryl methyl sites for hydroxylation is 1. The highest BCUT2D eigenvalue weighted by molar-refractivity contribution is 7.09. The maximum Gasteiger partial charge on any atom is 0.143 e. The van der Waals surface area contributed by atoms with Crippen molar-refractivity contribution in [2.45, 2.75) is 25.7 Å². The molecule has 7 heteroatoms. The van der Waals surface area contributed by atoms with E-state index in [9.17, 15) is 0 Å². The van der Waals surface area contributed by atoms with Gasteiger partial charge in [-0.25, -0.2) is 9.97 Å². The highest BCUT2D eigenvalue weighted by atomic mass is 32.1. The van der Waals surface area contributed by atoms with Gasteiger partial charge in [0.2, 0.25) is 0 Å². The molecule has 0 aliphatic carbocycles. The third kappa shape index (κ3) is 2.08. The number of nitrogens with zero attached hydrogens (tertiary/aromatic N) is 5. The fourth-order valence-electron chi connectivity index (χ4n) is 3.04. The van der Waals surface area contributed by atoms with E-state index in [4.69, 9.17) is 0 Å². The molecule has 1 fully saturated rings. The molecule has 0 saturated carbocycles. The van der Waals surface area contributed by atoms with Gasteiger partial charge >= 0.3 is 0 Å². The minimum atomic E-state index is 0.464. The van der Waals surface area contributed by atoms with Gasteiger partial charge in [-0.05, 0) is 18.4 Å². The summed E-state index contributed by atoms with van der Waals surface area (Å²) in [5.41, 5.74) is 4.01. The van der Waals surface area contributed by atoms with Gasteiger partial charge in [-0.1, -0.05) is 6.92 Å². The SMILES string of the molecule is CCc1c[nH]c2ncnc(N3CCC(c4nncs4)C3)c12. The summed E-state index contributed by atoms with van der Waals surface area (Å²) in [4.78, 5) is 14.5. The van der Waals surface area contributed by atoms with E-state index in [0.717, 1.165) is 47.8 Å². The van der Waals surface area contributed by atoms with Crippen LogP contribution in [0.2, 0.25) is 0 Å². The predicted octanol–water partition coefficient (Wildman–Crippen LogP) is 2.37. The van der Waals surface area contributed by atoms with Gasteiger partial charge in [0.25, 0.3) is 0 Å². The summed E-state index contributed by atoms with van der Waals surface area (Å²) in [6.45, 7) is 4.12. The lowest BCUT2D eigenvalue weighted by Gasteiger charge is -2.18. The molecule has 1 saturated heterocycles. The number of aromatic amines is 1. The Kier molecular flexibility index (Phi) is 3.07. The largest absolute Gasteiger partial charge is 0.355 e. The van der Waals surface area contributed by atoms with Crippen LogP contribution >= 0.6 is 11.3 Å². The molecule has 21 heavy (non-hydrogen) atoms. The fraction of sp³-hybridized carbons (Fsp3) is 0.429. The van der Waals surface area contributed by atoms with Crippen molar-refractivity contribution in [3.63, 3.8) is 0 Å². The number of hydrogen-bond acceptors (Lipinski definition) is 6. The van der Waals surface area contributed by atoms with Crippen LogP contribution in [0, 0.1) is 0 Å². The zero-order valence-electron chi connectivity index (χ0n) is 11.8. The smallest absolute Gasteiger partial charge is 0.143 e. The lowest BCUT2D eigenvalue weighted by atomic mass is 10.1. The van der Waals surface area contributed by atoms with Crippen molar-refractivity contribution in [1.29, 1.82) is 0 Å². The quantitative estimate of drug-likeness (QED) is 0.804. The number of aromatic nitrogens is 5. The molecule has 0 radical (unpaired) electrons. The molecule has 1 N–H and O–H groups in total. The van der Waals surface area contributed by atoms with Gasteiger partial charge in [0, 0.05) is 25.2 Å². The van der Waals surface area contributed by atoms with Crippen LogP contribution in [0.5, 0.6) is 0 Å². The number of H-pyrrole nitrogens is 1. The van der Waals surface area contributed by atoms with Gasteiger partial charge in [0.05, 0.1) is 5.39 Å². The van der Waals surface area contributed by atoms with E-state index < -0.39 is 0 Å². The lowest BCUT2D eigenvalue weighted by Crippen LogP contribution is -2.21. The van der Waals surface area contributed by atoms with E-state index in [1.807, 2.05) is 11.7 Å². The second kappa shape index (κ2) is 5.07. The van der Waals surface area contributed by atoms with E-state index in [2.05, 4.69) is 37.0 Å². The van der Waals surface area contributed by atoms with Gasteiger partial charge in [-0.15, -0.1) is 21.5 Å². The highest BCUT2D eigenvalue weighted by Crippen LogP contribution is 2.34. The molecule has 3 aromatic rings. The zero-order chi connectivity index (χ0) is 14.2. The molecule has 108 valence electrons.